The lowest BCUT2D eigenvalue weighted by atomic mass is 10.1. The van der Waals surface area contributed by atoms with Crippen LogP contribution in [0.1, 0.15) is 12.5 Å². The van der Waals surface area contributed by atoms with Gasteiger partial charge in [0.1, 0.15) is 17.3 Å². The number of hydrogen-bond donors (Lipinski definition) is 0. The molecule has 0 saturated heterocycles. The molecule has 0 atom stereocenters. The van der Waals surface area contributed by atoms with Crippen LogP contribution in [0.15, 0.2) is 18.2 Å². The molecule has 3 heteroatoms. The van der Waals surface area contributed by atoms with Crippen LogP contribution in [-0.2, 0) is 11.2 Å². The number of ketones is 1. The van der Waals surface area contributed by atoms with E-state index in [-0.39, 0.29) is 5.78 Å². The van der Waals surface area contributed by atoms with Gasteiger partial charge in [-0.3, -0.25) is 4.79 Å². The minimum atomic E-state index is 0.0906. The molecular weight excluding hydrogens is 180 g/mol. The molecule has 0 fully saturated rings. The van der Waals surface area contributed by atoms with Crippen molar-refractivity contribution in [2.45, 2.75) is 13.3 Å². The Kier molecular flexibility index (Phi) is 3.51. The van der Waals surface area contributed by atoms with Crippen LogP contribution in [0.2, 0.25) is 0 Å². The standard InChI is InChI=1S/C11H14O3/c1-8(12)7-9-10(13-2)5-4-6-11(9)14-3/h4-6H,7H2,1-3H3. The lowest BCUT2D eigenvalue weighted by molar-refractivity contribution is -0.116. The molecule has 1 rings (SSSR count). The highest BCUT2D eigenvalue weighted by Crippen LogP contribution is 2.28. The molecule has 0 aliphatic rings. The second kappa shape index (κ2) is 4.65. The van der Waals surface area contributed by atoms with Crippen LogP contribution < -0.4 is 9.47 Å². The van der Waals surface area contributed by atoms with E-state index in [0.717, 1.165) is 5.56 Å². The Labute approximate surface area is 83.6 Å². The van der Waals surface area contributed by atoms with Gasteiger partial charge < -0.3 is 9.47 Å². The molecule has 0 N–H and O–H groups in total. The highest BCUT2D eigenvalue weighted by atomic mass is 16.5. The summed E-state index contributed by atoms with van der Waals surface area (Å²) in [7, 11) is 3.16. The quantitative estimate of drug-likeness (QED) is 0.733. The van der Waals surface area contributed by atoms with Crippen LogP contribution in [0.4, 0.5) is 0 Å². The maximum Gasteiger partial charge on any atom is 0.134 e. The number of carbonyl (C=O) groups is 1. The summed E-state index contributed by atoms with van der Waals surface area (Å²) in [6, 6.07) is 5.48. The zero-order valence-corrected chi connectivity index (χ0v) is 8.66. The molecule has 0 amide bonds. The Morgan fingerprint density at radius 2 is 1.71 bits per heavy atom. The highest BCUT2D eigenvalue weighted by Gasteiger charge is 2.10. The van der Waals surface area contributed by atoms with Crippen molar-refractivity contribution in [3.63, 3.8) is 0 Å². The summed E-state index contributed by atoms with van der Waals surface area (Å²) in [5.41, 5.74) is 0.810. The topological polar surface area (TPSA) is 35.5 Å². The van der Waals surface area contributed by atoms with Gasteiger partial charge in [0.15, 0.2) is 0 Å². The summed E-state index contributed by atoms with van der Waals surface area (Å²) in [5, 5.41) is 0. The average molecular weight is 194 g/mol. The fourth-order valence-electron chi connectivity index (χ4n) is 1.35. The van der Waals surface area contributed by atoms with E-state index < -0.39 is 0 Å². The molecule has 0 heterocycles. The highest BCUT2D eigenvalue weighted by molar-refractivity contribution is 5.80. The first-order chi connectivity index (χ1) is 6.69. The maximum atomic E-state index is 11.0. The molecule has 0 spiro atoms. The smallest absolute Gasteiger partial charge is 0.134 e. The summed E-state index contributed by atoms with van der Waals surface area (Å²) in [5.74, 6) is 1.48. The third-order valence-electron chi connectivity index (χ3n) is 1.96. The zero-order valence-electron chi connectivity index (χ0n) is 8.66. The fourth-order valence-corrected chi connectivity index (χ4v) is 1.35. The van der Waals surface area contributed by atoms with E-state index in [1.807, 2.05) is 18.2 Å². The molecule has 0 aromatic heterocycles. The number of carbonyl (C=O) groups excluding carboxylic acids is 1. The van der Waals surface area contributed by atoms with Gasteiger partial charge in [0.05, 0.1) is 14.2 Å². The van der Waals surface area contributed by atoms with Crippen molar-refractivity contribution in [2.75, 3.05) is 14.2 Å². The van der Waals surface area contributed by atoms with E-state index in [0.29, 0.717) is 17.9 Å². The number of hydrogen-bond acceptors (Lipinski definition) is 3. The first kappa shape index (κ1) is 10.6. The Morgan fingerprint density at radius 1 is 1.21 bits per heavy atom. The van der Waals surface area contributed by atoms with Crippen molar-refractivity contribution in [3.05, 3.63) is 23.8 Å². The van der Waals surface area contributed by atoms with Crippen molar-refractivity contribution < 1.29 is 14.3 Å². The van der Waals surface area contributed by atoms with E-state index in [9.17, 15) is 4.79 Å². The predicted molar refractivity (Wildman–Crippen MR) is 53.9 cm³/mol. The van der Waals surface area contributed by atoms with Gasteiger partial charge >= 0.3 is 0 Å². The second-order valence-electron chi connectivity index (χ2n) is 3.02. The molecule has 14 heavy (non-hydrogen) atoms. The lowest BCUT2D eigenvalue weighted by Gasteiger charge is -2.11. The lowest BCUT2D eigenvalue weighted by Crippen LogP contribution is -2.02. The molecule has 0 saturated carbocycles. The van der Waals surface area contributed by atoms with E-state index >= 15 is 0 Å². The van der Waals surface area contributed by atoms with Gasteiger partial charge in [0.25, 0.3) is 0 Å². The third kappa shape index (κ3) is 2.25. The van der Waals surface area contributed by atoms with E-state index in [4.69, 9.17) is 9.47 Å². The normalized spacial score (nSPS) is 9.64. The van der Waals surface area contributed by atoms with Gasteiger partial charge in [-0.1, -0.05) is 6.07 Å². The van der Waals surface area contributed by atoms with E-state index in [2.05, 4.69) is 0 Å². The van der Waals surface area contributed by atoms with Gasteiger partial charge in [-0.15, -0.1) is 0 Å². The van der Waals surface area contributed by atoms with Crippen LogP contribution in [0, 0.1) is 0 Å². The summed E-state index contributed by atoms with van der Waals surface area (Å²) < 4.78 is 10.3. The average Bonchev–Trinajstić information content (AvgIpc) is 2.17. The SMILES string of the molecule is COc1cccc(OC)c1CC(C)=O. The minimum absolute atomic E-state index is 0.0906. The number of ether oxygens (including phenoxy) is 2. The van der Waals surface area contributed by atoms with E-state index in [1.165, 1.54) is 0 Å². The molecule has 0 aliphatic heterocycles. The molecule has 0 unspecified atom stereocenters. The van der Waals surface area contributed by atoms with Crippen molar-refractivity contribution in [2.24, 2.45) is 0 Å². The molecule has 1 aromatic rings. The number of rotatable bonds is 4. The molecule has 0 aliphatic carbocycles. The van der Waals surface area contributed by atoms with Crippen molar-refractivity contribution >= 4 is 5.78 Å². The summed E-state index contributed by atoms with van der Waals surface area (Å²) in [6.07, 6.45) is 0.340. The minimum Gasteiger partial charge on any atom is -0.496 e. The summed E-state index contributed by atoms with van der Waals surface area (Å²) >= 11 is 0. The van der Waals surface area contributed by atoms with Crippen LogP contribution in [-0.4, -0.2) is 20.0 Å². The van der Waals surface area contributed by atoms with Gasteiger partial charge in [-0.2, -0.15) is 0 Å². The van der Waals surface area contributed by atoms with Crippen molar-refractivity contribution in [3.8, 4) is 11.5 Å². The first-order valence-corrected chi connectivity index (χ1v) is 4.38. The molecule has 76 valence electrons. The van der Waals surface area contributed by atoms with Gasteiger partial charge in [-0.05, 0) is 19.1 Å². The Morgan fingerprint density at radius 3 is 2.07 bits per heavy atom. The summed E-state index contributed by atoms with van der Waals surface area (Å²) in [4.78, 5) is 11.0. The van der Waals surface area contributed by atoms with Crippen molar-refractivity contribution in [1.82, 2.24) is 0 Å². The molecule has 0 bridgehead atoms. The second-order valence-corrected chi connectivity index (χ2v) is 3.02. The van der Waals surface area contributed by atoms with Crippen LogP contribution >= 0.6 is 0 Å². The number of Topliss-reactive ketones (excluding diaryl/α,β-unsaturated/α-hetero) is 1. The van der Waals surface area contributed by atoms with E-state index in [1.54, 1.807) is 21.1 Å². The number of benzene rings is 1. The Hall–Kier alpha value is -1.51. The summed E-state index contributed by atoms with van der Waals surface area (Å²) in [6.45, 7) is 1.55. The fraction of sp³-hybridized carbons (Fsp3) is 0.364. The molecule has 1 aromatic carbocycles. The largest absolute Gasteiger partial charge is 0.496 e. The van der Waals surface area contributed by atoms with Gasteiger partial charge in [0, 0.05) is 12.0 Å². The van der Waals surface area contributed by atoms with Crippen LogP contribution in [0.25, 0.3) is 0 Å². The Bertz CT molecular complexity index is 309. The van der Waals surface area contributed by atoms with Gasteiger partial charge in [0.2, 0.25) is 0 Å². The Balaban J connectivity index is 3.12. The maximum absolute atomic E-state index is 11.0. The molecule has 3 nitrogen and oxygen atoms in total. The number of methoxy groups -OCH3 is 2. The van der Waals surface area contributed by atoms with Crippen LogP contribution in [0.5, 0.6) is 11.5 Å². The zero-order chi connectivity index (χ0) is 10.6. The predicted octanol–water partition coefficient (Wildman–Crippen LogP) is 1.84. The monoisotopic (exact) mass is 194 g/mol. The third-order valence-corrected chi connectivity index (χ3v) is 1.96. The van der Waals surface area contributed by atoms with Gasteiger partial charge in [-0.25, -0.2) is 0 Å². The van der Waals surface area contributed by atoms with Crippen LogP contribution in [0.3, 0.4) is 0 Å². The van der Waals surface area contributed by atoms with Crippen molar-refractivity contribution in [1.29, 1.82) is 0 Å². The first-order valence-electron chi connectivity index (χ1n) is 4.38. The molecule has 0 radical (unpaired) electrons. The molecular formula is C11H14O3.